The molecule has 3 unspecified atom stereocenters. The monoisotopic (exact) mass is 297 g/mol. The van der Waals surface area contributed by atoms with Gasteiger partial charge in [-0.25, -0.2) is 0 Å². The summed E-state index contributed by atoms with van der Waals surface area (Å²) in [7, 11) is 0. The Morgan fingerprint density at radius 2 is 2.05 bits per heavy atom. The maximum absolute atomic E-state index is 6.69. The van der Waals surface area contributed by atoms with E-state index in [1.807, 2.05) is 4.68 Å². The summed E-state index contributed by atoms with van der Waals surface area (Å²) < 4.78 is 2.04. The molecule has 0 aromatic carbocycles. The Morgan fingerprint density at radius 1 is 1.35 bits per heavy atom. The molecule has 1 heterocycles. The molecule has 1 aliphatic rings. The van der Waals surface area contributed by atoms with Crippen molar-refractivity contribution in [3.63, 3.8) is 0 Å². The molecule has 1 aromatic rings. The largest absolute Gasteiger partial charge is 0.325 e. The highest BCUT2D eigenvalue weighted by atomic mass is 35.5. The molecule has 4 heteroatoms. The van der Waals surface area contributed by atoms with Crippen LogP contribution in [0.1, 0.15) is 58.3 Å². The Bertz CT molecular complexity index is 469. The topological polar surface area (TPSA) is 43.8 Å². The van der Waals surface area contributed by atoms with Crippen molar-refractivity contribution in [1.82, 2.24) is 9.78 Å². The average molecular weight is 298 g/mol. The van der Waals surface area contributed by atoms with Crippen molar-refractivity contribution in [2.75, 3.05) is 0 Å². The zero-order valence-corrected chi connectivity index (χ0v) is 14.0. The van der Waals surface area contributed by atoms with E-state index in [4.69, 9.17) is 17.3 Å². The van der Waals surface area contributed by atoms with Gasteiger partial charge in [0.05, 0.1) is 16.4 Å². The molecule has 0 spiro atoms. The Balaban J connectivity index is 2.23. The van der Waals surface area contributed by atoms with Crippen molar-refractivity contribution in [3.05, 3.63) is 16.4 Å². The maximum atomic E-state index is 6.69. The Labute approximate surface area is 127 Å². The van der Waals surface area contributed by atoms with Crippen LogP contribution in [0.4, 0.5) is 0 Å². The SMILES string of the molecule is CCc1nn(CC)c(CC2(N)CCC(C)C(C)C2)c1Cl. The third-order valence-corrected chi connectivity index (χ3v) is 5.45. The van der Waals surface area contributed by atoms with Crippen LogP contribution in [-0.4, -0.2) is 15.3 Å². The highest BCUT2D eigenvalue weighted by Crippen LogP contribution is 2.38. The van der Waals surface area contributed by atoms with Gasteiger partial charge in [-0.1, -0.05) is 32.4 Å². The number of nitrogens with zero attached hydrogens (tertiary/aromatic N) is 2. The average Bonchev–Trinajstić information content (AvgIpc) is 2.71. The number of aromatic nitrogens is 2. The summed E-state index contributed by atoms with van der Waals surface area (Å²) in [5.74, 6) is 1.47. The number of nitrogens with two attached hydrogens (primary N) is 1. The molecule has 2 N–H and O–H groups in total. The van der Waals surface area contributed by atoms with Gasteiger partial charge in [0, 0.05) is 18.5 Å². The zero-order chi connectivity index (χ0) is 14.9. The van der Waals surface area contributed by atoms with E-state index in [0.717, 1.165) is 54.6 Å². The number of halogens is 1. The first kappa shape index (κ1) is 15.8. The number of hydrogen-bond donors (Lipinski definition) is 1. The first-order chi connectivity index (χ1) is 9.40. The molecule has 1 aliphatic carbocycles. The quantitative estimate of drug-likeness (QED) is 0.918. The second-order valence-electron chi connectivity index (χ2n) is 6.61. The molecule has 0 bridgehead atoms. The van der Waals surface area contributed by atoms with Gasteiger partial charge in [-0.15, -0.1) is 0 Å². The van der Waals surface area contributed by atoms with Crippen LogP contribution in [0.3, 0.4) is 0 Å². The Kier molecular flexibility index (Phi) is 4.80. The molecule has 3 atom stereocenters. The first-order valence-corrected chi connectivity index (χ1v) is 8.31. The van der Waals surface area contributed by atoms with Gasteiger partial charge < -0.3 is 5.73 Å². The molecule has 1 fully saturated rings. The third-order valence-electron chi connectivity index (χ3n) is 5.01. The van der Waals surface area contributed by atoms with E-state index >= 15 is 0 Å². The van der Waals surface area contributed by atoms with Gasteiger partial charge >= 0.3 is 0 Å². The van der Waals surface area contributed by atoms with Crippen molar-refractivity contribution in [1.29, 1.82) is 0 Å². The summed E-state index contributed by atoms with van der Waals surface area (Å²) in [5.41, 5.74) is 8.71. The Hall–Kier alpha value is -0.540. The molecule has 0 radical (unpaired) electrons. The lowest BCUT2D eigenvalue weighted by Gasteiger charge is -2.40. The van der Waals surface area contributed by atoms with E-state index in [2.05, 4.69) is 32.8 Å². The molecular weight excluding hydrogens is 270 g/mol. The maximum Gasteiger partial charge on any atom is 0.0850 e. The lowest BCUT2D eigenvalue weighted by atomic mass is 9.70. The minimum atomic E-state index is -0.118. The van der Waals surface area contributed by atoms with Gasteiger partial charge in [0.2, 0.25) is 0 Å². The number of hydrogen-bond acceptors (Lipinski definition) is 2. The van der Waals surface area contributed by atoms with Crippen LogP contribution in [0.2, 0.25) is 5.02 Å². The van der Waals surface area contributed by atoms with Gasteiger partial charge in [-0.05, 0) is 44.4 Å². The molecule has 0 aliphatic heterocycles. The van der Waals surface area contributed by atoms with Gasteiger partial charge in [0.1, 0.15) is 0 Å². The number of rotatable bonds is 4. The molecule has 1 saturated carbocycles. The lowest BCUT2D eigenvalue weighted by Crippen LogP contribution is -2.48. The van der Waals surface area contributed by atoms with Crippen LogP contribution in [0.15, 0.2) is 0 Å². The zero-order valence-electron chi connectivity index (χ0n) is 13.2. The van der Waals surface area contributed by atoms with E-state index in [1.54, 1.807) is 0 Å². The highest BCUT2D eigenvalue weighted by molar-refractivity contribution is 6.31. The predicted octanol–water partition coefficient (Wildman–Crippen LogP) is 3.81. The molecule has 114 valence electrons. The van der Waals surface area contributed by atoms with Crippen LogP contribution in [0.25, 0.3) is 0 Å². The van der Waals surface area contributed by atoms with Crippen LogP contribution in [0.5, 0.6) is 0 Å². The fourth-order valence-corrected chi connectivity index (χ4v) is 3.76. The van der Waals surface area contributed by atoms with Crippen molar-refractivity contribution in [3.8, 4) is 0 Å². The molecular formula is C16H28ClN3. The van der Waals surface area contributed by atoms with Gasteiger partial charge in [0.15, 0.2) is 0 Å². The molecule has 1 aromatic heterocycles. The van der Waals surface area contributed by atoms with E-state index < -0.39 is 0 Å². The van der Waals surface area contributed by atoms with Crippen LogP contribution >= 0.6 is 11.6 Å². The smallest absolute Gasteiger partial charge is 0.0850 e. The summed E-state index contributed by atoms with van der Waals surface area (Å²) in [6, 6.07) is 0. The van der Waals surface area contributed by atoms with E-state index in [-0.39, 0.29) is 5.54 Å². The summed E-state index contributed by atoms with van der Waals surface area (Å²) in [6.07, 6.45) is 5.12. The van der Waals surface area contributed by atoms with E-state index in [9.17, 15) is 0 Å². The minimum absolute atomic E-state index is 0.118. The molecule has 0 saturated heterocycles. The van der Waals surface area contributed by atoms with Crippen molar-refractivity contribution in [2.24, 2.45) is 17.6 Å². The molecule has 3 nitrogen and oxygen atoms in total. The van der Waals surface area contributed by atoms with Crippen LogP contribution < -0.4 is 5.73 Å². The van der Waals surface area contributed by atoms with Crippen molar-refractivity contribution < 1.29 is 0 Å². The first-order valence-electron chi connectivity index (χ1n) is 7.93. The second-order valence-corrected chi connectivity index (χ2v) is 6.99. The van der Waals surface area contributed by atoms with Gasteiger partial charge in [-0.3, -0.25) is 4.68 Å². The standard InChI is InChI=1S/C16H28ClN3/c1-5-13-15(17)14(20(6-2)19-13)10-16(18)8-7-11(3)12(4)9-16/h11-12H,5-10,18H2,1-4H3. The normalized spacial score (nSPS) is 30.7. The fraction of sp³-hybridized carbons (Fsp3) is 0.812. The highest BCUT2D eigenvalue weighted by Gasteiger charge is 2.36. The molecule has 2 rings (SSSR count). The summed E-state index contributed by atoms with van der Waals surface area (Å²) in [6.45, 7) is 9.73. The molecule has 20 heavy (non-hydrogen) atoms. The molecule has 0 amide bonds. The summed E-state index contributed by atoms with van der Waals surface area (Å²) >= 11 is 6.52. The van der Waals surface area contributed by atoms with Crippen LogP contribution in [0, 0.1) is 11.8 Å². The lowest BCUT2D eigenvalue weighted by molar-refractivity contribution is 0.173. The van der Waals surface area contributed by atoms with Gasteiger partial charge in [0.25, 0.3) is 0 Å². The Morgan fingerprint density at radius 3 is 2.60 bits per heavy atom. The van der Waals surface area contributed by atoms with Crippen molar-refractivity contribution in [2.45, 2.75) is 71.9 Å². The van der Waals surface area contributed by atoms with Crippen molar-refractivity contribution >= 4 is 11.6 Å². The summed E-state index contributed by atoms with van der Waals surface area (Å²) in [5, 5.41) is 5.44. The van der Waals surface area contributed by atoms with Gasteiger partial charge in [-0.2, -0.15) is 5.10 Å². The fourth-order valence-electron chi connectivity index (χ4n) is 3.42. The predicted molar refractivity (Wildman–Crippen MR) is 85.1 cm³/mol. The van der Waals surface area contributed by atoms with E-state index in [1.165, 1.54) is 6.42 Å². The number of aryl methyl sites for hydroxylation is 2. The third kappa shape index (κ3) is 3.04. The summed E-state index contributed by atoms with van der Waals surface area (Å²) in [4.78, 5) is 0. The minimum Gasteiger partial charge on any atom is -0.325 e. The van der Waals surface area contributed by atoms with E-state index in [0.29, 0.717) is 5.92 Å². The van der Waals surface area contributed by atoms with Crippen LogP contribution in [-0.2, 0) is 19.4 Å². The second kappa shape index (κ2) is 6.07.